The summed E-state index contributed by atoms with van der Waals surface area (Å²) in [6.07, 6.45) is 1.51. The smallest absolute Gasteiger partial charge is 0.351 e. The second-order valence-corrected chi connectivity index (χ2v) is 6.45. The molecule has 0 aliphatic rings. The number of fused-ring (bicyclic) bond motifs is 1. The number of H-pyrrole nitrogens is 1. The van der Waals surface area contributed by atoms with E-state index in [1.54, 1.807) is 13.8 Å². The number of carbonyl (C=O) groups is 1. The van der Waals surface area contributed by atoms with Gasteiger partial charge in [0.15, 0.2) is 5.57 Å². The van der Waals surface area contributed by atoms with E-state index < -0.39 is 5.97 Å². The quantitative estimate of drug-likeness (QED) is 0.633. The third-order valence-corrected chi connectivity index (χ3v) is 4.89. The Balaban J connectivity index is 2.07. The molecule has 2 aromatic heterocycles. The van der Waals surface area contributed by atoms with Crippen molar-refractivity contribution in [2.24, 2.45) is 0 Å². The summed E-state index contributed by atoms with van der Waals surface area (Å²) in [6, 6.07) is 9.40. The second kappa shape index (κ2) is 7.88. The molecule has 3 aromatic rings. The zero-order valence-electron chi connectivity index (χ0n) is 14.8. The first-order chi connectivity index (χ1) is 13.1. The van der Waals surface area contributed by atoms with E-state index in [1.807, 2.05) is 30.3 Å². The molecule has 2 N–H and O–H groups in total. The van der Waals surface area contributed by atoms with Crippen LogP contribution < -0.4 is 20.1 Å². The number of hydrogen-bond donors (Lipinski definition) is 2. The molecule has 1 aromatic carbocycles. The summed E-state index contributed by atoms with van der Waals surface area (Å²) in [5.74, 6) is -0.247. The molecule has 138 valence electrons. The Morgan fingerprint density at radius 2 is 2.22 bits per heavy atom. The van der Waals surface area contributed by atoms with E-state index in [9.17, 15) is 14.9 Å². The first-order valence-corrected chi connectivity index (χ1v) is 9.13. The lowest BCUT2D eigenvalue weighted by Gasteiger charge is -2.00. The summed E-state index contributed by atoms with van der Waals surface area (Å²) in [6.45, 7) is 3.91. The molecule has 2 heterocycles. The number of imidazole rings is 1. The number of nitrogens with one attached hydrogen (secondary N) is 2. The van der Waals surface area contributed by atoms with Crippen molar-refractivity contribution in [3.05, 3.63) is 43.8 Å². The number of nitrogens with zero attached hydrogens (tertiary/aromatic N) is 3. The number of rotatable bonds is 5. The van der Waals surface area contributed by atoms with Gasteiger partial charge in [-0.2, -0.15) is 5.26 Å². The number of esters is 1. The highest BCUT2D eigenvalue weighted by Crippen LogP contribution is 2.12. The van der Waals surface area contributed by atoms with E-state index in [4.69, 9.17) is 4.74 Å². The maximum Gasteiger partial charge on any atom is 0.351 e. The Bertz CT molecular complexity index is 1180. The number of aromatic nitrogens is 3. The van der Waals surface area contributed by atoms with Crippen molar-refractivity contribution in [1.29, 1.82) is 5.26 Å². The number of aromatic amines is 1. The van der Waals surface area contributed by atoms with Crippen molar-refractivity contribution >= 4 is 46.1 Å². The predicted octanol–water partition coefficient (Wildman–Crippen LogP) is 0.893. The van der Waals surface area contributed by atoms with Crippen LogP contribution in [0.1, 0.15) is 13.8 Å². The highest BCUT2D eigenvalue weighted by Gasteiger charge is 2.16. The van der Waals surface area contributed by atoms with Crippen LogP contribution in [-0.4, -0.2) is 27.1 Å². The van der Waals surface area contributed by atoms with Crippen molar-refractivity contribution in [3.8, 4) is 6.07 Å². The number of nitriles is 1. The maximum atomic E-state index is 12.6. The van der Waals surface area contributed by atoms with Gasteiger partial charge in [0.05, 0.1) is 17.6 Å². The zero-order chi connectivity index (χ0) is 19.4. The monoisotopic (exact) mass is 383 g/mol. The molecule has 0 unspecified atom stereocenters. The van der Waals surface area contributed by atoms with Crippen LogP contribution in [0.25, 0.3) is 22.8 Å². The normalized spacial score (nSPS) is 12.7. The Hall–Kier alpha value is -3.38. The highest BCUT2D eigenvalue weighted by molar-refractivity contribution is 7.07. The topological polar surface area (TPSA) is 113 Å². The van der Waals surface area contributed by atoms with Crippen LogP contribution in [0.15, 0.2) is 29.1 Å². The summed E-state index contributed by atoms with van der Waals surface area (Å²) >= 11 is 1.05. The molecular weight excluding hydrogens is 366 g/mol. The Morgan fingerprint density at radius 3 is 2.89 bits per heavy atom. The lowest BCUT2D eigenvalue weighted by molar-refractivity contribution is -0.136. The molecular formula is C18H17N5O3S. The molecule has 0 saturated heterocycles. The lowest BCUT2D eigenvalue weighted by atomic mass is 10.3. The third kappa shape index (κ3) is 3.61. The van der Waals surface area contributed by atoms with Gasteiger partial charge in [-0.1, -0.05) is 12.1 Å². The molecule has 0 fully saturated rings. The summed E-state index contributed by atoms with van der Waals surface area (Å²) < 4.78 is 6.92. The molecule has 0 radical (unpaired) electrons. The molecule has 0 aliphatic carbocycles. The Labute approximate surface area is 158 Å². The van der Waals surface area contributed by atoms with E-state index in [2.05, 4.69) is 15.3 Å². The highest BCUT2D eigenvalue weighted by atomic mass is 32.1. The van der Waals surface area contributed by atoms with Gasteiger partial charge in [0, 0.05) is 12.7 Å². The number of benzene rings is 1. The van der Waals surface area contributed by atoms with Gasteiger partial charge in [0.25, 0.3) is 5.56 Å². The van der Waals surface area contributed by atoms with E-state index in [0.29, 0.717) is 17.0 Å². The fraction of sp³-hybridized carbons (Fsp3) is 0.222. The lowest BCUT2D eigenvalue weighted by Crippen LogP contribution is -2.32. The largest absolute Gasteiger partial charge is 0.462 e. The van der Waals surface area contributed by atoms with Gasteiger partial charge < -0.3 is 15.0 Å². The Kier molecular flexibility index (Phi) is 5.38. The van der Waals surface area contributed by atoms with Gasteiger partial charge >= 0.3 is 5.97 Å². The van der Waals surface area contributed by atoms with Gasteiger partial charge in [-0.3, -0.25) is 9.36 Å². The summed E-state index contributed by atoms with van der Waals surface area (Å²) in [5.41, 5.74) is 1.20. The number of carbonyl (C=O) groups excluding carboxylic acids is 1. The van der Waals surface area contributed by atoms with E-state index in [-0.39, 0.29) is 22.4 Å². The fourth-order valence-corrected chi connectivity index (χ4v) is 3.61. The molecule has 0 atom stereocenters. The van der Waals surface area contributed by atoms with E-state index in [1.165, 1.54) is 10.8 Å². The Morgan fingerprint density at radius 1 is 1.44 bits per heavy atom. The molecule has 0 aliphatic heterocycles. The molecule has 9 heteroatoms. The summed E-state index contributed by atoms with van der Waals surface area (Å²) in [4.78, 5) is 32.1. The molecule has 27 heavy (non-hydrogen) atoms. The van der Waals surface area contributed by atoms with E-state index >= 15 is 0 Å². The van der Waals surface area contributed by atoms with E-state index in [0.717, 1.165) is 22.4 Å². The SMILES string of the molecule is CCOC(=O)/C(C#N)=c1\s/c(=C/Nc2nc3ccccc3[nH]2)c(=O)n1CC. The molecule has 3 rings (SSSR count). The molecule has 0 bridgehead atoms. The fourth-order valence-electron chi connectivity index (χ4n) is 2.53. The maximum absolute atomic E-state index is 12.6. The predicted molar refractivity (Wildman–Crippen MR) is 103 cm³/mol. The van der Waals surface area contributed by atoms with Crippen LogP contribution in [0, 0.1) is 11.3 Å². The minimum Gasteiger partial charge on any atom is -0.462 e. The van der Waals surface area contributed by atoms with Gasteiger partial charge in [-0.15, -0.1) is 11.3 Å². The van der Waals surface area contributed by atoms with Gasteiger partial charge in [0.1, 0.15) is 15.3 Å². The van der Waals surface area contributed by atoms with Crippen molar-refractivity contribution in [1.82, 2.24) is 14.5 Å². The number of hydrogen-bond acceptors (Lipinski definition) is 7. The average Bonchev–Trinajstić information content (AvgIpc) is 3.21. The summed E-state index contributed by atoms with van der Waals surface area (Å²) in [7, 11) is 0. The minimum absolute atomic E-state index is 0.151. The zero-order valence-corrected chi connectivity index (χ0v) is 15.6. The van der Waals surface area contributed by atoms with Crippen LogP contribution in [0.5, 0.6) is 0 Å². The van der Waals surface area contributed by atoms with Crippen molar-refractivity contribution in [3.63, 3.8) is 0 Å². The van der Waals surface area contributed by atoms with Crippen LogP contribution in [0.2, 0.25) is 0 Å². The van der Waals surface area contributed by atoms with Gasteiger partial charge in [0.2, 0.25) is 5.95 Å². The third-order valence-electron chi connectivity index (χ3n) is 3.76. The molecule has 0 amide bonds. The standard InChI is InChI=1S/C18H17N5O3S/c1-3-23-15(24)14(27-16(23)11(9-19)17(25)26-4-2)10-20-18-21-12-7-5-6-8-13(12)22-18/h5-8,10H,3-4H2,1-2H3,(H2,20,21,22)/b14-10+,16-11-. The van der Waals surface area contributed by atoms with Gasteiger partial charge in [-0.05, 0) is 26.0 Å². The van der Waals surface area contributed by atoms with Crippen molar-refractivity contribution in [2.75, 3.05) is 11.9 Å². The van der Waals surface area contributed by atoms with Crippen LogP contribution in [0.4, 0.5) is 5.95 Å². The first kappa shape index (κ1) is 18.4. The van der Waals surface area contributed by atoms with Crippen LogP contribution >= 0.6 is 11.3 Å². The first-order valence-electron chi connectivity index (χ1n) is 8.31. The molecule has 0 saturated carbocycles. The minimum atomic E-state index is -0.736. The average molecular weight is 383 g/mol. The van der Waals surface area contributed by atoms with Crippen molar-refractivity contribution < 1.29 is 9.53 Å². The van der Waals surface area contributed by atoms with Crippen molar-refractivity contribution in [2.45, 2.75) is 20.4 Å². The number of anilines is 1. The number of ether oxygens (including phenoxy) is 1. The second-order valence-electron chi connectivity index (χ2n) is 5.42. The molecule has 8 nitrogen and oxygen atoms in total. The number of para-hydroxylation sites is 2. The van der Waals surface area contributed by atoms with Crippen LogP contribution in [0.3, 0.4) is 0 Å². The van der Waals surface area contributed by atoms with Gasteiger partial charge in [-0.25, -0.2) is 9.78 Å². The number of thiazole rings is 1. The summed E-state index contributed by atoms with van der Waals surface area (Å²) in [5, 5.41) is 12.3. The molecule has 0 spiro atoms. The van der Waals surface area contributed by atoms with Crippen LogP contribution in [-0.2, 0) is 16.1 Å².